The summed E-state index contributed by atoms with van der Waals surface area (Å²) in [7, 11) is 0. The van der Waals surface area contributed by atoms with Gasteiger partial charge >= 0.3 is 5.97 Å². The number of fused-ring (bicyclic) bond motifs is 1. The fourth-order valence-electron chi connectivity index (χ4n) is 1.73. The molecule has 0 aliphatic rings. The number of carbonyl (C=O) groups excluding carboxylic acids is 1. The van der Waals surface area contributed by atoms with Crippen LogP contribution < -0.4 is 0 Å². The van der Waals surface area contributed by atoms with Crippen molar-refractivity contribution in [2.24, 2.45) is 0 Å². The SMILES string of the molecule is CC(C)(C)OC(=O)C(C)(C)Sc1ncc2[nH]ccc2c1Br. The molecule has 0 aromatic carbocycles. The Balaban J connectivity index is 2.25. The largest absolute Gasteiger partial charge is 0.459 e. The fraction of sp³-hybridized carbons (Fsp3) is 0.467. The Bertz CT molecular complexity index is 674. The van der Waals surface area contributed by atoms with Crippen molar-refractivity contribution in [1.82, 2.24) is 9.97 Å². The van der Waals surface area contributed by atoms with Gasteiger partial charge in [-0.1, -0.05) is 11.8 Å². The van der Waals surface area contributed by atoms with Gasteiger partial charge in [0, 0.05) is 11.6 Å². The lowest BCUT2D eigenvalue weighted by molar-refractivity contribution is -0.156. The van der Waals surface area contributed by atoms with Crippen molar-refractivity contribution in [3.8, 4) is 0 Å². The topological polar surface area (TPSA) is 55.0 Å². The molecule has 4 nitrogen and oxygen atoms in total. The number of thioether (sulfide) groups is 1. The third-order valence-electron chi connectivity index (χ3n) is 2.76. The van der Waals surface area contributed by atoms with Crippen LogP contribution in [0.2, 0.25) is 0 Å². The second kappa shape index (κ2) is 5.65. The molecule has 0 aliphatic heterocycles. The molecule has 21 heavy (non-hydrogen) atoms. The predicted molar refractivity (Wildman–Crippen MR) is 89.6 cm³/mol. The number of carbonyl (C=O) groups is 1. The monoisotopic (exact) mass is 370 g/mol. The third kappa shape index (κ3) is 3.80. The first kappa shape index (κ1) is 16.4. The van der Waals surface area contributed by atoms with Crippen LogP contribution in [0.4, 0.5) is 0 Å². The van der Waals surface area contributed by atoms with Crippen molar-refractivity contribution < 1.29 is 9.53 Å². The van der Waals surface area contributed by atoms with Gasteiger partial charge in [0.1, 0.15) is 15.4 Å². The molecule has 0 atom stereocenters. The molecule has 6 heteroatoms. The number of aromatic nitrogens is 2. The van der Waals surface area contributed by atoms with E-state index < -0.39 is 10.3 Å². The number of H-pyrrole nitrogens is 1. The summed E-state index contributed by atoms with van der Waals surface area (Å²) in [6.45, 7) is 9.30. The van der Waals surface area contributed by atoms with E-state index in [1.807, 2.05) is 46.9 Å². The van der Waals surface area contributed by atoms with Crippen LogP contribution in [0.5, 0.6) is 0 Å². The summed E-state index contributed by atoms with van der Waals surface area (Å²) in [5.41, 5.74) is 0.464. The summed E-state index contributed by atoms with van der Waals surface area (Å²) in [6, 6.07) is 1.98. The average molecular weight is 371 g/mol. The van der Waals surface area contributed by atoms with E-state index in [9.17, 15) is 4.79 Å². The zero-order valence-corrected chi connectivity index (χ0v) is 15.2. The second-order valence-corrected chi connectivity index (χ2v) is 8.70. The van der Waals surface area contributed by atoms with Gasteiger partial charge in [-0.2, -0.15) is 0 Å². The van der Waals surface area contributed by atoms with Crippen LogP contribution in [0.25, 0.3) is 10.9 Å². The molecule has 0 fully saturated rings. The molecule has 2 heterocycles. The van der Waals surface area contributed by atoms with E-state index in [0.29, 0.717) is 0 Å². The maximum atomic E-state index is 12.3. The molecule has 0 aliphatic carbocycles. The molecule has 0 spiro atoms. The van der Waals surface area contributed by atoms with Crippen LogP contribution in [-0.2, 0) is 9.53 Å². The van der Waals surface area contributed by atoms with Crippen LogP contribution in [0.3, 0.4) is 0 Å². The van der Waals surface area contributed by atoms with Gasteiger partial charge < -0.3 is 9.72 Å². The maximum absolute atomic E-state index is 12.3. The highest BCUT2D eigenvalue weighted by Gasteiger charge is 2.35. The molecule has 0 radical (unpaired) electrons. The summed E-state index contributed by atoms with van der Waals surface area (Å²) in [4.78, 5) is 19.8. The van der Waals surface area contributed by atoms with Crippen LogP contribution in [0, 0.1) is 0 Å². The summed E-state index contributed by atoms with van der Waals surface area (Å²) < 4.78 is 5.65. The molecule has 1 N–H and O–H groups in total. The van der Waals surface area contributed by atoms with Crippen molar-refractivity contribution in [3.05, 3.63) is 22.9 Å². The van der Waals surface area contributed by atoms with Crippen LogP contribution in [0.1, 0.15) is 34.6 Å². The number of nitrogens with zero attached hydrogens (tertiary/aromatic N) is 1. The molecule has 2 rings (SSSR count). The molecule has 0 saturated carbocycles. The van der Waals surface area contributed by atoms with Crippen LogP contribution in [0.15, 0.2) is 28.0 Å². The van der Waals surface area contributed by atoms with Crippen molar-refractivity contribution in [1.29, 1.82) is 0 Å². The lowest BCUT2D eigenvalue weighted by atomic mass is 10.1. The van der Waals surface area contributed by atoms with Gasteiger partial charge in [-0.3, -0.25) is 4.79 Å². The van der Waals surface area contributed by atoms with Gasteiger partial charge in [0.25, 0.3) is 0 Å². The maximum Gasteiger partial charge on any atom is 0.322 e. The highest BCUT2D eigenvalue weighted by molar-refractivity contribution is 9.10. The second-order valence-electron chi connectivity index (χ2n) is 6.30. The minimum absolute atomic E-state index is 0.247. The lowest BCUT2D eigenvalue weighted by Crippen LogP contribution is -2.36. The van der Waals surface area contributed by atoms with Gasteiger partial charge in [-0.15, -0.1) is 0 Å². The molecular weight excluding hydrogens is 352 g/mol. The van der Waals surface area contributed by atoms with Crippen molar-refractivity contribution in [3.63, 3.8) is 0 Å². The summed E-state index contributed by atoms with van der Waals surface area (Å²) in [5.74, 6) is -0.247. The molecule has 0 bridgehead atoms. The summed E-state index contributed by atoms with van der Waals surface area (Å²) in [5, 5.41) is 1.82. The van der Waals surface area contributed by atoms with E-state index in [1.165, 1.54) is 11.8 Å². The molecule has 0 amide bonds. The third-order valence-corrected chi connectivity index (χ3v) is 5.00. The van der Waals surface area contributed by atoms with Gasteiger partial charge in [-0.25, -0.2) is 4.98 Å². The molecule has 0 saturated heterocycles. The van der Waals surface area contributed by atoms with E-state index >= 15 is 0 Å². The molecule has 0 unspecified atom stereocenters. The van der Waals surface area contributed by atoms with E-state index in [0.717, 1.165) is 20.4 Å². The highest BCUT2D eigenvalue weighted by atomic mass is 79.9. The lowest BCUT2D eigenvalue weighted by Gasteiger charge is -2.27. The molecule has 2 aromatic rings. The molecule has 114 valence electrons. The van der Waals surface area contributed by atoms with E-state index in [2.05, 4.69) is 25.9 Å². The number of rotatable bonds is 3. The Morgan fingerprint density at radius 2 is 2.00 bits per heavy atom. The Morgan fingerprint density at radius 1 is 1.33 bits per heavy atom. The number of esters is 1. The van der Waals surface area contributed by atoms with Crippen molar-refractivity contribution in [2.45, 2.75) is 50.0 Å². The Labute approximate surface area is 137 Å². The zero-order valence-electron chi connectivity index (χ0n) is 12.8. The van der Waals surface area contributed by atoms with E-state index in [1.54, 1.807) is 6.20 Å². The smallest absolute Gasteiger partial charge is 0.322 e. The number of nitrogens with one attached hydrogen (secondary N) is 1. The summed E-state index contributed by atoms with van der Waals surface area (Å²) >= 11 is 4.96. The summed E-state index contributed by atoms with van der Waals surface area (Å²) in [6.07, 6.45) is 3.64. The van der Waals surface area contributed by atoms with Crippen molar-refractivity contribution in [2.75, 3.05) is 0 Å². The van der Waals surface area contributed by atoms with Crippen LogP contribution >= 0.6 is 27.7 Å². The molecular formula is C15H19BrN2O2S. The minimum atomic E-state index is -0.715. The average Bonchev–Trinajstić information content (AvgIpc) is 2.79. The first-order valence-electron chi connectivity index (χ1n) is 6.64. The van der Waals surface area contributed by atoms with Crippen molar-refractivity contribution >= 4 is 44.6 Å². The number of ether oxygens (including phenoxy) is 1. The normalized spacial score (nSPS) is 12.7. The fourth-order valence-corrected chi connectivity index (χ4v) is 3.34. The Morgan fingerprint density at radius 3 is 2.62 bits per heavy atom. The van der Waals surface area contributed by atoms with Gasteiger partial charge in [-0.05, 0) is 56.6 Å². The van der Waals surface area contributed by atoms with Crippen LogP contribution in [-0.4, -0.2) is 26.3 Å². The number of aromatic amines is 1. The number of hydrogen-bond donors (Lipinski definition) is 1. The van der Waals surface area contributed by atoms with Gasteiger partial charge in [0.05, 0.1) is 16.2 Å². The zero-order chi connectivity index (χ0) is 15.8. The Hall–Kier alpha value is -1.01. The standard InChI is InChI=1S/C15H19BrN2O2S/c1-14(2,3)20-13(19)15(4,5)21-12-11(16)9-6-7-17-10(9)8-18-12/h6-8,17H,1-5H3. The highest BCUT2D eigenvalue weighted by Crippen LogP contribution is 2.39. The van der Waals surface area contributed by atoms with Gasteiger partial charge in [0.2, 0.25) is 0 Å². The number of hydrogen-bond acceptors (Lipinski definition) is 4. The van der Waals surface area contributed by atoms with Gasteiger partial charge in [0.15, 0.2) is 0 Å². The van der Waals surface area contributed by atoms with E-state index in [4.69, 9.17) is 4.74 Å². The molecule has 2 aromatic heterocycles. The van der Waals surface area contributed by atoms with E-state index in [-0.39, 0.29) is 5.97 Å². The Kier molecular flexibility index (Phi) is 4.40. The first-order chi connectivity index (χ1) is 9.60. The number of halogens is 1. The predicted octanol–water partition coefficient (Wildman–Crippen LogP) is 4.54. The quantitative estimate of drug-likeness (QED) is 0.636. The minimum Gasteiger partial charge on any atom is -0.459 e. The first-order valence-corrected chi connectivity index (χ1v) is 8.25. The number of pyridine rings is 1.